The van der Waals surface area contributed by atoms with Gasteiger partial charge in [-0.15, -0.1) is 0 Å². The van der Waals surface area contributed by atoms with Gasteiger partial charge in [-0.3, -0.25) is 4.79 Å². The Labute approximate surface area is 67.6 Å². The summed E-state index contributed by atoms with van der Waals surface area (Å²) in [5.74, 6) is -0.269. The number of thiol groups is 1. The third-order valence-corrected chi connectivity index (χ3v) is 2.16. The normalized spacial score (nSPS) is 16.3. The van der Waals surface area contributed by atoms with Gasteiger partial charge >= 0.3 is 0 Å². The summed E-state index contributed by atoms with van der Waals surface area (Å²) < 4.78 is 0. The Kier molecular flexibility index (Phi) is 4.52. The summed E-state index contributed by atoms with van der Waals surface area (Å²) in [5.41, 5.74) is 5.07. The van der Waals surface area contributed by atoms with Crippen LogP contribution in [0.5, 0.6) is 0 Å². The van der Waals surface area contributed by atoms with Crippen LogP contribution >= 0.6 is 12.6 Å². The van der Waals surface area contributed by atoms with E-state index in [0.717, 1.165) is 12.8 Å². The van der Waals surface area contributed by atoms with Crippen molar-refractivity contribution < 1.29 is 4.79 Å². The predicted molar refractivity (Wildman–Crippen MR) is 46.0 cm³/mol. The van der Waals surface area contributed by atoms with Crippen LogP contribution in [0.4, 0.5) is 0 Å². The van der Waals surface area contributed by atoms with E-state index in [1.807, 2.05) is 13.8 Å². The van der Waals surface area contributed by atoms with Crippen LogP contribution in [0.15, 0.2) is 0 Å². The molecule has 0 radical (unpaired) electrons. The molecule has 0 aromatic heterocycles. The summed E-state index contributed by atoms with van der Waals surface area (Å²) in [6, 6.07) is 0. The number of carbonyl (C=O) groups is 1. The molecule has 10 heavy (non-hydrogen) atoms. The minimum absolute atomic E-state index is 0.0394. The Morgan fingerprint density at radius 1 is 1.70 bits per heavy atom. The Morgan fingerprint density at radius 3 is 2.50 bits per heavy atom. The van der Waals surface area contributed by atoms with Gasteiger partial charge in [-0.2, -0.15) is 12.6 Å². The van der Waals surface area contributed by atoms with E-state index < -0.39 is 0 Å². The first kappa shape index (κ1) is 9.82. The molecule has 0 aliphatic rings. The molecule has 0 aromatic carbocycles. The van der Waals surface area contributed by atoms with Crippen LogP contribution in [-0.4, -0.2) is 11.2 Å². The number of rotatable bonds is 4. The van der Waals surface area contributed by atoms with E-state index in [1.165, 1.54) is 0 Å². The molecule has 0 aromatic rings. The standard InChI is InChI=1S/C7H15NOS/c1-3-6(10)4-5(2)7(8)9/h5-6,10H,3-4H2,1-2H3,(H2,8,9)/t5-,6+/m1/s1. The number of carbonyl (C=O) groups excluding carboxylic acids is 1. The second-order valence-electron chi connectivity index (χ2n) is 2.60. The van der Waals surface area contributed by atoms with Gasteiger partial charge in [0, 0.05) is 11.2 Å². The Morgan fingerprint density at radius 2 is 2.20 bits per heavy atom. The van der Waals surface area contributed by atoms with E-state index in [4.69, 9.17) is 5.73 Å². The Bertz CT molecular complexity index is 116. The molecule has 0 rings (SSSR count). The van der Waals surface area contributed by atoms with Crippen LogP contribution in [0, 0.1) is 5.92 Å². The zero-order chi connectivity index (χ0) is 8.15. The molecular formula is C7H15NOS. The molecule has 1 amide bonds. The molecular weight excluding hydrogens is 146 g/mol. The van der Waals surface area contributed by atoms with Crippen molar-refractivity contribution in [2.24, 2.45) is 11.7 Å². The Balaban J connectivity index is 3.56. The first-order chi connectivity index (χ1) is 4.57. The first-order valence-electron chi connectivity index (χ1n) is 3.55. The molecule has 0 saturated heterocycles. The van der Waals surface area contributed by atoms with E-state index in [-0.39, 0.29) is 11.8 Å². The smallest absolute Gasteiger partial charge is 0.220 e. The van der Waals surface area contributed by atoms with Gasteiger partial charge < -0.3 is 5.73 Å². The highest BCUT2D eigenvalue weighted by Gasteiger charge is 2.11. The lowest BCUT2D eigenvalue weighted by Crippen LogP contribution is -2.22. The first-order valence-corrected chi connectivity index (χ1v) is 4.07. The molecule has 3 heteroatoms. The quantitative estimate of drug-likeness (QED) is 0.598. The highest BCUT2D eigenvalue weighted by molar-refractivity contribution is 7.80. The number of nitrogens with two attached hydrogens (primary N) is 1. The molecule has 0 aliphatic heterocycles. The molecule has 0 unspecified atom stereocenters. The van der Waals surface area contributed by atoms with Crippen LogP contribution in [0.3, 0.4) is 0 Å². The summed E-state index contributed by atoms with van der Waals surface area (Å²) in [7, 11) is 0. The molecule has 2 nitrogen and oxygen atoms in total. The summed E-state index contributed by atoms with van der Waals surface area (Å²) >= 11 is 4.26. The zero-order valence-electron chi connectivity index (χ0n) is 6.50. The van der Waals surface area contributed by atoms with E-state index in [1.54, 1.807) is 0 Å². The van der Waals surface area contributed by atoms with Gasteiger partial charge in [0.15, 0.2) is 0 Å². The van der Waals surface area contributed by atoms with Crippen molar-refractivity contribution in [2.45, 2.75) is 31.9 Å². The predicted octanol–water partition coefficient (Wildman–Crippen LogP) is 1.21. The fraction of sp³-hybridized carbons (Fsp3) is 0.857. The molecule has 0 saturated carbocycles. The molecule has 0 spiro atoms. The van der Waals surface area contributed by atoms with Crippen molar-refractivity contribution in [3.63, 3.8) is 0 Å². The zero-order valence-corrected chi connectivity index (χ0v) is 7.40. The van der Waals surface area contributed by atoms with Crippen molar-refractivity contribution in [3.05, 3.63) is 0 Å². The summed E-state index contributed by atoms with van der Waals surface area (Å²) in [5, 5.41) is 0.308. The van der Waals surface area contributed by atoms with E-state index in [2.05, 4.69) is 12.6 Å². The average Bonchev–Trinajstić information content (AvgIpc) is 1.87. The monoisotopic (exact) mass is 161 g/mol. The molecule has 2 N–H and O–H groups in total. The highest BCUT2D eigenvalue weighted by Crippen LogP contribution is 2.12. The molecule has 0 bridgehead atoms. The summed E-state index contributed by atoms with van der Waals surface area (Å²) in [4.78, 5) is 10.5. The SMILES string of the molecule is CC[C@H](S)C[C@@H](C)C(N)=O. The van der Waals surface area contributed by atoms with Crippen molar-refractivity contribution in [2.75, 3.05) is 0 Å². The lowest BCUT2D eigenvalue weighted by Gasteiger charge is -2.10. The number of hydrogen-bond donors (Lipinski definition) is 2. The molecule has 0 aliphatic carbocycles. The van der Waals surface area contributed by atoms with E-state index >= 15 is 0 Å². The number of amides is 1. The van der Waals surface area contributed by atoms with Crippen molar-refractivity contribution in [1.82, 2.24) is 0 Å². The largest absolute Gasteiger partial charge is 0.369 e. The maximum Gasteiger partial charge on any atom is 0.220 e. The third kappa shape index (κ3) is 3.77. The van der Waals surface area contributed by atoms with Crippen molar-refractivity contribution >= 4 is 18.5 Å². The van der Waals surface area contributed by atoms with Crippen LogP contribution in [0.1, 0.15) is 26.7 Å². The van der Waals surface area contributed by atoms with Gasteiger partial charge in [0.05, 0.1) is 0 Å². The van der Waals surface area contributed by atoms with Gasteiger partial charge in [0.2, 0.25) is 5.91 Å². The van der Waals surface area contributed by atoms with Crippen LogP contribution in [0.25, 0.3) is 0 Å². The third-order valence-electron chi connectivity index (χ3n) is 1.58. The van der Waals surface area contributed by atoms with E-state index in [9.17, 15) is 4.79 Å². The van der Waals surface area contributed by atoms with Crippen LogP contribution < -0.4 is 5.73 Å². The lowest BCUT2D eigenvalue weighted by molar-refractivity contribution is -0.121. The highest BCUT2D eigenvalue weighted by atomic mass is 32.1. The Hall–Kier alpha value is -0.180. The van der Waals surface area contributed by atoms with Crippen LogP contribution in [-0.2, 0) is 4.79 Å². The minimum atomic E-state index is -0.229. The fourth-order valence-electron chi connectivity index (χ4n) is 0.691. The molecule has 0 heterocycles. The second kappa shape index (κ2) is 4.61. The van der Waals surface area contributed by atoms with Crippen LogP contribution in [0.2, 0.25) is 0 Å². The maximum absolute atomic E-state index is 10.5. The molecule has 0 fully saturated rings. The van der Waals surface area contributed by atoms with Gasteiger partial charge in [-0.25, -0.2) is 0 Å². The van der Waals surface area contributed by atoms with Gasteiger partial charge in [-0.05, 0) is 12.8 Å². The average molecular weight is 161 g/mol. The summed E-state index contributed by atoms with van der Waals surface area (Å²) in [6.45, 7) is 3.88. The second-order valence-corrected chi connectivity index (χ2v) is 3.33. The summed E-state index contributed by atoms with van der Waals surface area (Å²) in [6.07, 6.45) is 1.77. The number of hydrogen-bond acceptors (Lipinski definition) is 2. The molecule has 60 valence electrons. The minimum Gasteiger partial charge on any atom is -0.369 e. The molecule has 2 atom stereocenters. The van der Waals surface area contributed by atoms with Gasteiger partial charge in [0.25, 0.3) is 0 Å². The number of primary amides is 1. The lowest BCUT2D eigenvalue weighted by atomic mass is 10.0. The fourth-order valence-corrected chi connectivity index (χ4v) is 1.01. The topological polar surface area (TPSA) is 43.1 Å². The van der Waals surface area contributed by atoms with Gasteiger partial charge in [0.1, 0.15) is 0 Å². The maximum atomic E-state index is 10.5. The van der Waals surface area contributed by atoms with Crippen molar-refractivity contribution in [3.8, 4) is 0 Å². The van der Waals surface area contributed by atoms with Gasteiger partial charge in [-0.1, -0.05) is 13.8 Å². The van der Waals surface area contributed by atoms with Crippen molar-refractivity contribution in [1.29, 1.82) is 0 Å². The van der Waals surface area contributed by atoms with E-state index in [0.29, 0.717) is 5.25 Å².